The van der Waals surface area contributed by atoms with Gasteiger partial charge in [0.15, 0.2) is 0 Å². The summed E-state index contributed by atoms with van der Waals surface area (Å²) in [7, 11) is 2.14. The third-order valence-corrected chi connectivity index (χ3v) is 5.41. The van der Waals surface area contributed by atoms with Crippen LogP contribution in [0, 0.1) is 5.82 Å². The van der Waals surface area contributed by atoms with Crippen molar-refractivity contribution in [2.75, 3.05) is 56.1 Å². The zero-order valence-electron chi connectivity index (χ0n) is 15.4. The summed E-state index contributed by atoms with van der Waals surface area (Å²) in [6.45, 7) is 5.94. The van der Waals surface area contributed by atoms with Gasteiger partial charge >= 0.3 is 0 Å². The highest BCUT2D eigenvalue weighted by molar-refractivity contribution is 5.70. The highest BCUT2D eigenvalue weighted by Gasteiger charge is 2.20. The molecule has 0 bridgehead atoms. The fourth-order valence-electron chi connectivity index (χ4n) is 3.84. The molecule has 26 heavy (non-hydrogen) atoms. The van der Waals surface area contributed by atoms with Crippen molar-refractivity contribution in [1.82, 2.24) is 4.90 Å². The molecule has 0 aromatic heterocycles. The minimum absolute atomic E-state index is 0.154. The summed E-state index contributed by atoms with van der Waals surface area (Å²) in [5.41, 5.74) is 4.86. The number of para-hydroxylation sites is 1. The number of piperazine rings is 1. The van der Waals surface area contributed by atoms with E-state index in [0.717, 1.165) is 56.9 Å². The van der Waals surface area contributed by atoms with Gasteiger partial charge in [0.25, 0.3) is 0 Å². The molecule has 0 spiro atoms. The van der Waals surface area contributed by atoms with Gasteiger partial charge in [0.2, 0.25) is 0 Å². The van der Waals surface area contributed by atoms with E-state index in [0.29, 0.717) is 0 Å². The molecule has 0 unspecified atom stereocenters. The number of halogens is 1. The lowest BCUT2D eigenvalue weighted by Crippen LogP contribution is -2.44. The number of benzene rings is 2. The predicted octanol–water partition coefficient (Wildman–Crippen LogP) is 3.87. The summed E-state index contributed by atoms with van der Waals surface area (Å²) in [4.78, 5) is 7.05. The van der Waals surface area contributed by atoms with E-state index in [1.54, 1.807) is 12.1 Å². The second-order valence-corrected chi connectivity index (χ2v) is 7.30. The second kappa shape index (κ2) is 7.50. The van der Waals surface area contributed by atoms with Crippen LogP contribution in [0.1, 0.15) is 12.0 Å². The van der Waals surface area contributed by atoms with Gasteiger partial charge in [-0.25, -0.2) is 4.39 Å². The number of rotatable bonds is 3. The van der Waals surface area contributed by atoms with Gasteiger partial charge in [-0.15, -0.1) is 0 Å². The summed E-state index contributed by atoms with van der Waals surface area (Å²) in [6.07, 6.45) is 3.34. The molecular weight excluding hydrogens is 325 g/mol. The van der Waals surface area contributed by atoms with Gasteiger partial charge in [0.1, 0.15) is 5.82 Å². The van der Waals surface area contributed by atoms with Crippen molar-refractivity contribution in [3.8, 4) is 0 Å². The van der Waals surface area contributed by atoms with Crippen LogP contribution in [-0.2, 0) is 0 Å². The Bertz CT molecular complexity index is 779. The zero-order chi connectivity index (χ0) is 17.9. The topological polar surface area (TPSA) is 9.72 Å². The lowest BCUT2D eigenvalue weighted by atomic mass is 10.1. The first-order valence-corrected chi connectivity index (χ1v) is 9.41. The molecule has 0 amide bonds. The molecule has 4 heteroatoms. The van der Waals surface area contributed by atoms with Crippen molar-refractivity contribution in [2.45, 2.75) is 6.42 Å². The van der Waals surface area contributed by atoms with Crippen LogP contribution >= 0.6 is 0 Å². The van der Waals surface area contributed by atoms with Crippen molar-refractivity contribution in [1.29, 1.82) is 0 Å². The maximum atomic E-state index is 13.9. The first-order chi connectivity index (χ1) is 12.7. The summed E-state index contributed by atoms with van der Waals surface area (Å²) in [6, 6.07) is 15.8. The minimum Gasteiger partial charge on any atom is -0.368 e. The molecule has 0 atom stereocenters. The van der Waals surface area contributed by atoms with E-state index in [1.165, 1.54) is 11.3 Å². The lowest BCUT2D eigenvalue weighted by molar-refractivity contribution is 0.312. The van der Waals surface area contributed by atoms with Gasteiger partial charge in [-0.1, -0.05) is 24.3 Å². The fraction of sp³-hybridized carbons (Fsp3) is 0.364. The number of likely N-dealkylation sites (N-methyl/N-ethyl adjacent to an activating group) is 1. The Kier molecular flexibility index (Phi) is 4.93. The molecule has 2 heterocycles. The van der Waals surface area contributed by atoms with Crippen LogP contribution in [-0.4, -0.2) is 51.2 Å². The average molecular weight is 351 g/mol. The van der Waals surface area contributed by atoms with E-state index >= 15 is 0 Å². The Labute approximate surface area is 155 Å². The molecule has 2 saturated heterocycles. The number of nitrogens with zero attached hydrogens (tertiary/aromatic N) is 3. The third-order valence-electron chi connectivity index (χ3n) is 5.41. The molecule has 136 valence electrons. The van der Waals surface area contributed by atoms with Gasteiger partial charge in [0, 0.05) is 50.6 Å². The molecule has 2 fully saturated rings. The van der Waals surface area contributed by atoms with Crippen molar-refractivity contribution in [2.24, 2.45) is 0 Å². The van der Waals surface area contributed by atoms with Gasteiger partial charge in [-0.05, 0) is 54.9 Å². The van der Waals surface area contributed by atoms with E-state index in [2.05, 4.69) is 58.2 Å². The highest BCUT2D eigenvalue weighted by Crippen LogP contribution is 2.29. The quantitative estimate of drug-likeness (QED) is 0.831. The molecule has 0 N–H and O–H groups in total. The first kappa shape index (κ1) is 17.1. The molecule has 4 rings (SSSR count). The summed E-state index contributed by atoms with van der Waals surface area (Å²) < 4.78 is 13.9. The Hall–Kier alpha value is -2.33. The molecule has 0 aliphatic carbocycles. The molecule has 2 aromatic rings. The van der Waals surface area contributed by atoms with E-state index < -0.39 is 0 Å². The largest absolute Gasteiger partial charge is 0.368 e. The summed E-state index contributed by atoms with van der Waals surface area (Å²) in [5, 5.41) is 0. The third kappa shape index (κ3) is 3.75. The van der Waals surface area contributed by atoms with Gasteiger partial charge in [0.05, 0.1) is 0 Å². The van der Waals surface area contributed by atoms with Crippen LogP contribution in [0.3, 0.4) is 0 Å². The van der Waals surface area contributed by atoms with Crippen molar-refractivity contribution < 1.29 is 4.39 Å². The molecule has 3 nitrogen and oxygen atoms in total. The zero-order valence-corrected chi connectivity index (χ0v) is 15.4. The summed E-state index contributed by atoms with van der Waals surface area (Å²) >= 11 is 0. The molecule has 2 aromatic carbocycles. The Morgan fingerprint density at radius 2 is 1.65 bits per heavy atom. The van der Waals surface area contributed by atoms with Crippen LogP contribution < -0.4 is 9.80 Å². The Morgan fingerprint density at radius 1 is 0.885 bits per heavy atom. The minimum atomic E-state index is -0.154. The van der Waals surface area contributed by atoms with Crippen LogP contribution in [0.2, 0.25) is 0 Å². The SMILES string of the molecule is CN1CCN(c2cc(F)ccc2C=C2CCN(c3ccccc3)C2)CC1. The molecule has 2 aliphatic rings. The fourth-order valence-corrected chi connectivity index (χ4v) is 3.84. The van der Waals surface area contributed by atoms with E-state index in [4.69, 9.17) is 0 Å². The molecule has 2 aliphatic heterocycles. The maximum absolute atomic E-state index is 13.9. The lowest BCUT2D eigenvalue weighted by Gasteiger charge is -2.35. The van der Waals surface area contributed by atoms with Gasteiger partial charge in [-0.3, -0.25) is 0 Å². The highest BCUT2D eigenvalue weighted by atomic mass is 19.1. The van der Waals surface area contributed by atoms with Gasteiger partial charge < -0.3 is 14.7 Å². The first-order valence-electron chi connectivity index (χ1n) is 9.41. The molecule has 0 radical (unpaired) electrons. The van der Waals surface area contributed by atoms with Gasteiger partial charge in [-0.2, -0.15) is 0 Å². The molecule has 0 saturated carbocycles. The van der Waals surface area contributed by atoms with Crippen molar-refractivity contribution >= 4 is 17.5 Å². The van der Waals surface area contributed by atoms with E-state index in [1.807, 2.05) is 6.07 Å². The van der Waals surface area contributed by atoms with Crippen LogP contribution in [0.25, 0.3) is 6.08 Å². The average Bonchev–Trinajstić information content (AvgIpc) is 3.13. The standard InChI is InChI=1S/C22H26FN3/c1-24-11-13-25(14-12-24)22-16-20(23)8-7-19(22)15-18-9-10-26(17-18)21-5-3-2-4-6-21/h2-8,15-16H,9-14,17H2,1H3. The summed E-state index contributed by atoms with van der Waals surface area (Å²) in [5.74, 6) is -0.154. The molecular formula is C22H26FN3. The normalized spacial score (nSPS) is 20.2. The number of anilines is 2. The van der Waals surface area contributed by atoms with E-state index in [9.17, 15) is 4.39 Å². The Morgan fingerprint density at radius 3 is 2.42 bits per heavy atom. The van der Waals surface area contributed by atoms with Crippen LogP contribution in [0.5, 0.6) is 0 Å². The maximum Gasteiger partial charge on any atom is 0.125 e. The van der Waals surface area contributed by atoms with E-state index in [-0.39, 0.29) is 5.82 Å². The van der Waals surface area contributed by atoms with Crippen LogP contribution in [0.15, 0.2) is 54.1 Å². The number of hydrogen-bond donors (Lipinski definition) is 0. The number of hydrogen-bond acceptors (Lipinski definition) is 3. The van der Waals surface area contributed by atoms with Crippen molar-refractivity contribution in [3.05, 3.63) is 65.5 Å². The van der Waals surface area contributed by atoms with Crippen molar-refractivity contribution in [3.63, 3.8) is 0 Å². The predicted molar refractivity (Wildman–Crippen MR) is 107 cm³/mol. The van der Waals surface area contributed by atoms with Crippen LogP contribution in [0.4, 0.5) is 15.8 Å². The Balaban J connectivity index is 1.55. The monoisotopic (exact) mass is 351 g/mol. The smallest absolute Gasteiger partial charge is 0.125 e. The second-order valence-electron chi connectivity index (χ2n) is 7.30.